The Balaban J connectivity index is 1.54. The second-order valence-electron chi connectivity index (χ2n) is 6.28. The van der Waals surface area contributed by atoms with Crippen molar-refractivity contribution in [2.75, 3.05) is 19.2 Å². The van der Waals surface area contributed by atoms with Crippen LogP contribution in [-0.4, -0.2) is 25.7 Å². The largest absolute Gasteiger partial charge is 0.497 e. The lowest BCUT2D eigenvalue weighted by Gasteiger charge is -2.11. The van der Waals surface area contributed by atoms with Gasteiger partial charge < -0.3 is 24.8 Å². The van der Waals surface area contributed by atoms with Crippen molar-refractivity contribution in [1.82, 2.24) is 5.32 Å². The molecule has 2 N–H and O–H groups in total. The second-order valence-corrected chi connectivity index (χ2v) is 7.26. The van der Waals surface area contributed by atoms with E-state index < -0.39 is 11.8 Å². The van der Waals surface area contributed by atoms with Gasteiger partial charge in [0, 0.05) is 22.2 Å². The highest BCUT2D eigenvalue weighted by molar-refractivity contribution is 7.10. The van der Waals surface area contributed by atoms with Crippen LogP contribution < -0.4 is 24.8 Å². The number of rotatable bonds is 6. The van der Waals surface area contributed by atoms with Crippen molar-refractivity contribution in [1.29, 1.82) is 0 Å². The normalized spacial score (nSPS) is 12.4. The van der Waals surface area contributed by atoms with Gasteiger partial charge in [0.15, 0.2) is 11.5 Å². The minimum atomic E-state index is -0.455. The summed E-state index contributed by atoms with van der Waals surface area (Å²) in [7, 11) is 1.55. The molecule has 0 unspecified atom stereocenters. The molecule has 1 aliphatic rings. The highest BCUT2D eigenvalue weighted by Crippen LogP contribution is 2.34. The number of thiophene rings is 1. The SMILES string of the molecule is COc1ccc(C(=O)N/C(=C\c2cccs2)C(=O)Nc2ccc3c(c2)OCO3)cc1. The van der Waals surface area contributed by atoms with E-state index in [-0.39, 0.29) is 12.5 Å². The van der Waals surface area contributed by atoms with Crippen LogP contribution in [0.1, 0.15) is 15.2 Å². The fourth-order valence-electron chi connectivity index (χ4n) is 2.78. The van der Waals surface area contributed by atoms with Crippen LogP contribution in [0.15, 0.2) is 65.7 Å². The number of ether oxygens (including phenoxy) is 3. The number of anilines is 1. The lowest BCUT2D eigenvalue weighted by molar-refractivity contribution is -0.113. The van der Waals surface area contributed by atoms with Crippen molar-refractivity contribution in [3.05, 3.63) is 76.1 Å². The number of fused-ring (bicyclic) bond motifs is 1. The summed E-state index contributed by atoms with van der Waals surface area (Å²) in [5, 5.41) is 7.38. The molecule has 30 heavy (non-hydrogen) atoms. The molecule has 0 fully saturated rings. The minimum Gasteiger partial charge on any atom is -0.497 e. The van der Waals surface area contributed by atoms with Gasteiger partial charge in [-0.25, -0.2) is 0 Å². The molecule has 0 radical (unpaired) electrons. The summed E-state index contributed by atoms with van der Waals surface area (Å²) < 4.78 is 15.7. The Morgan fingerprint density at radius 1 is 1.07 bits per heavy atom. The van der Waals surface area contributed by atoms with E-state index in [1.54, 1.807) is 55.7 Å². The van der Waals surface area contributed by atoms with Crippen LogP contribution in [0.5, 0.6) is 17.2 Å². The molecule has 2 heterocycles. The Hall–Kier alpha value is -3.78. The molecule has 0 aliphatic carbocycles. The molecule has 4 rings (SSSR count). The Kier molecular flexibility index (Phi) is 5.67. The van der Waals surface area contributed by atoms with Gasteiger partial charge in [-0.1, -0.05) is 6.07 Å². The molecular formula is C22H18N2O5S. The third-order valence-corrected chi connectivity index (χ3v) is 5.12. The number of nitrogens with one attached hydrogen (secondary N) is 2. The molecule has 0 spiro atoms. The van der Waals surface area contributed by atoms with Crippen LogP contribution in [-0.2, 0) is 4.79 Å². The highest BCUT2D eigenvalue weighted by atomic mass is 32.1. The van der Waals surface area contributed by atoms with Crippen molar-refractivity contribution < 1.29 is 23.8 Å². The molecule has 152 valence electrons. The van der Waals surface area contributed by atoms with Gasteiger partial charge in [0.2, 0.25) is 6.79 Å². The second kappa shape index (κ2) is 8.71. The molecule has 2 amide bonds. The van der Waals surface area contributed by atoms with Crippen molar-refractivity contribution >= 4 is 34.9 Å². The van der Waals surface area contributed by atoms with Crippen LogP contribution in [0, 0.1) is 0 Å². The quantitative estimate of drug-likeness (QED) is 0.589. The summed E-state index contributed by atoms with van der Waals surface area (Å²) in [6, 6.07) is 15.5. The van der Waals surface area contributed by atoms with E-state index in [0.717, 1.165) is 4.88 Å². The molecule has 7 nitrogen and oxygen atoms in total. The maximum Gasteiger partial charge on any atom is 0.272 e. The van der Waals surface area contributed by atoms with Crippen LogP contribution in [0.3, 0.4) is 0 Å². The van der Waals surface area contributed by atoms with E-state index in [4.69, 9.17) is 14.2 Å². The summed E-state index contributed by atoms with van der Waals surface area (Å²) in [6.07, 6.45) is 1.63. The predicted molar refractivity (Wildman–Crippen MR) is 114 cm³/mol. The highest BCUT2D eigenvalue weighted by Gasteiger charge is 2.18. The van der Waals surface area contributed by atoms with Crippen molar-refractivity contribution in [3.63, 3.8) is 0 Å². The smallest absolute Gasteiger partial charge is 0.272 e. The van der Waals surface area contributed by atoms with E-state index in [1.807, 2.05) is 17.5 Å². The Labute approximate surface area is 176 Å². The summed E-state index contributed by atoms with van der Waals surface area (Å²) in [4.78, 5) is 26.4. The molecule has 2 aromatic carbocycles. The van der Waals surface area contributed by atoms with Crippen LogP contribution >= 0.6 is 11.3 Å². The van der Waals surface area contributed by atoms with Gasteiger partial charge in [-0.15, -0.1) is 11.3 Å². The first-order valence-electron chi connectivity index (χ1n) is 9.04. The van der Waals surface area contributed by atoms with Crippen molar-refractivity contribution in [3.8, 4) is 17.2 Å². The fraction of sp³-hybridized carbons (Fsp3) is 0.0909. The number of hydrogen-bond donors (Lipinski definition) is 2. The molecule has 1 aliphatic heterocycles. The molecule has 1 aromatic heterocycles. The first-order chi connectivity index (χ1) is 14.6. The standard InChI is InChI=1S/C22H18N2O5S/c1-27-16-7-4-14(5-8-16)21(25)24-18(12-17-3-2-10-30-17)22(26)23-15-6-9-19-20(11-15)29-13-28-19/h2-12H,13H2,1H3,(H,23,26)(H,24,25)/b18-12-. The maximum absolute atomic E-state index is 12.9. The van der Waals surface area contributed by atoms with Gasteiger partial charge in [-0.2, -0.15) is 0 Å². The van der Waals surface area contributed by atoms with Gasteiger partial charge in [0.1, 0.15) is 11.4 Å². The van der Waals surface area contributed by atoms with Crippen molar-refractivity contribution in [2.24, 2.45) is 0 Å². The fourth-order valence-corrected chi connectivity index (χ4v) is 3.44. The lowest BCUT2D eigenvalue weighted by Crippen LogP contribution is -2.30. The average Bonchev–Trinajstić information content (AvgIpc) is 3.44. The number of carbonyl (C=O) groups excluding carboxylic acids is 2. The van der Waals surface area contributed by atoms with Gasteiger partial charge in [0.05, 0.1) is 7.11 Å². The molecule has 0 saturated heterocycles. The van der Waals surface area contributed by atoms with Crippen LogP contribution in [0.2, 0.25) is 0 Å². The monoisotopic (exact) mass is 422 g/mol. The molecule has 0 bridgehead atoms. The summed E-state index contributed by atoms with van der Waals surface area (Å²) in [6.45, 7) is 0.147. The molecular weight excluding hydrogens is 404 g/mol. The summed E-state index contributed by atoms with van der Waals surface area (Å²) in [5.41, 5.74) is 1.06. The van der Waals surface area contributed by atoms with Crippen molar-refractivity contribution in [2.45, 2.75) is 0 Å². The van der Waals surface area contributed by atoms with E-state index in [0.29, 0.717) is 28.5 Å². The zero-order valence-corrected chi connectivity index (χ0v) is 16.8. The number of amides is 2. The average molecular weight is 422 g/mol. The summed E-state index contributed by atoms with van der Waals surface area (Å²) in [5.74, 6) is 0.959. The molecule has 3 aromatic rings. The molecule has 8 heteroatoms. The minimum absolute atomic E-state index is 0.121. The Bertz CT molecular complexity index is 1090. The summed E-state index contributed by atoms with van der Waals surface area (Å²) >= 11 is 1.46. The lowest BCUT2D eigenvalue weighted by atomic mass is 10.2. The topological polar surface area (TPSA) is 85.9 Å². The van der Waals surface area contributed by atoms with Gasteiger partial charge in [0.25, 0.3) is 11.8 Å². The number of benzene rings is 2. The van der Waals surface area contributed by atoms with E-state index in [9.17, 15) is 9.59 Å². The van der Waals surface area contributed by atoms with E-state index >= 15 is 0 Å². The van der Waals surface area contributed by atoms with Gasteiger partial charge >= 0.3 is 0 Å². The Morgan fingerprint density at radius 3 is 2.60 bits per heavy atom. The number of carbonyl (C=O) groups is 2. The molecule has 0 saturated carbocycles. The zero-order valence-electron chi connectivity index (χ0n) is 16.0. The first kappa shape index (κ1) is 19.5. The first-order valence-corrected chi connectivity index (χ1v) is 9.92. The zero-order chi connectivity index (χ0) is 20.9. The van der Waals surface area contributed by atoms with Crippen LogP contribution in [0.4, 0.5) is 5.69 Å². The number of methoxy groups -OCH3 is 1. The van der Waals surface area contributed by atoms with Gasteiger partial charge in [-0.3, -0.25) is 9.59 Å². The number of hydrogen-bond acceptors (Lipinski definition) is 6. The van der Waals surface area contributed by atoms with E-state index in [1.165, 1.54) is 11.3 Å². The molecule has 0 atom stereocenters. The van der Waals surface area contributed by atoms with E-state index in [2.05, 4.69) is 10.6 Å². The van der Waals surface area contributed by atoms with Gasteiger partial charge in [-0.05, 0) is 53.9 Å². The third kappa shape index (κ3) is 4.44. The predicted octanol–water partition coefficient (Wildman–Crippen LogP) is 3.90. The van der Waals surface area contributed by atoms with Crippen LogP contribution in [0.25, 0.3) is 6.08 Å². The maximum atomic E-state index is 12.9. The Morgan fingerprint density at radius 2 is 1.87 bits per heavy atom. The third-order valence-electron chi connectivity index (χ3n) is 4.31.